The fourth-order valence-electron chi connectivity index (χ4n) is 5.32. The number of aliphatic imine (C=N–C) groups is 1. The van der Waals surface area contributed by atoms with Gasteiger partial charge in [-0.2, -0.15) is 18.3 Å². The van der Waals surface area contributed by atoms with Gasteiger partial charge in [-0.1, -0.05) is 15.9 Å². The van der Waals surface area contributed by atoms with Crippen LogP contribution >= 0.6 is 27.3 Å². The first kappa shape index (κ1) is 30.7. The van der Waals surface area contributed by atoms with Crippen LogP contribution in [0.2, 0.25) is 0 Å². The molecule has 2 aliphatic heterocycles. The number of ether oxygens (including phenoxy) is 2. The number of benzene rings is 2. The lowest BCUT2D eigenvalue weighted by atomic mass is 9.91. The molecule has 4 N–H and O–H groups in total. The van der Waals surface area contributed by atoms with Gasteiger partial charge in [0.15, 0.2) is 17.5 Å². The molecule has 2 aromatic carbocycles. The number of aliphatic hydroxyl groups excluding tert-OH is 2. The van der Waals surface area contributed by atoms with Crippen LogP contribution in [0.25, 0.3) is 21.5 Å². The Morgan fingerprint density at radius 1 is 1.20 bits per heavy atom. The molecule has 4 heterocycles. The molecule has 2 aromatic heterocycles. The zero-order valence-electron chi connectivity index (χ0n) is 22.4. The van der Waals surface area contributed by atoms with E-state index in [2.05, 4.69) is 36.0 Å². The van der Waals surface area contributed by atoms with E-state index < -0.39 is 59.9 Å². The van der Waals surface area contributed by atoms with E-state index in [1.165, 1.54) is 30.6 Å². The summed E-state index contributed by atoms with van der Waals surface area (Å²) < 4.78 is 84.9. The molecule has 17 heteroatoms. The quantitative estimate of drug-likeness (QED) is 0.208. The number of nitrogens with two attached hydrogens (primary N) is 1. The first-order chi connectivity index (χ1) is 20.9. The monoisotopic (exact) mass is 700 g/mol. The average Bonchev–Trinajstić information content (AvgIpc) is 3.70. The third kappa shape index (κ3) is 5.30. The summed E-state index contributed by atoms with van der Waals surface area (Å²) >= 11 is 4.28. The van der Waals surface area contributed by atoms with Crippen molar-refractivity contribution in [3.63, 3.8) is 0 Å². The van der Waals surface area contributed by atoms with Gasteiger partial charge in [0, 0.05) is 28.0 Å². The van der Waals surface area contributed by atoms with Crippen molar-refractivity contribution in [2.75, 3.05) is 6.61 Å². The van der Waals surface area contributed by atoms with Crippen molar-refractivity contribution < 1.29 is 41.6 Å². The summed E-state index contributed by atoms with van der Waals surface area (Å²) in [5.41, 5.74) is 5.34. The standard InChI is InChI=1S/C27H22BrF5N6O4S/c1-10-37-26(39(38-10)15-4-12(28)2-3-14(15)27(31,32)33)25-22(41)21(24-23(43-25)16(40)8-42-24)35-7-11(6-34)13-5-17-20(36-9-44-17)19(30)18(13)29/h2-7,9,16,21-25,40-41H,8,34H2,1H3/b11-6+,35-7?/t16?,21?,22?,23?,24-,25-/m1/s1. The maximum Gasteiger partial charge on any atom is 0.418 e. The number of rotatable bonds is 5. The van der Waals surface area contributed by atoms with Gasteiger partial charge in [0.2, 0.25) is 0 Å². The summed E-state index contributed by atoms with van der Waals surface area (Å²) in [4.78, 5) is 12.5. The van der Waals surface area contributed by atoms with E-state index in [0.29, 0.717) is 9.17 Å². The maximum absolute atomic E-state index is 15.0. The number of alkyl halides is 3. The lowest BCUT2D eigenvalue weighted by molar-refractivity contribution is -0.178. The fraction of sp³-hybridized carbons (Fsp3) is 0.333. The molecule has 2 saturated heterocycles. The molecule has 2 fully saturated rings. The lowest BCUT2D eigenvalue weighted by Crippen LogP contribution is -2.54. The number of thiazole rings is 1. The van der Waals surface area contributed by atoms with Crippen LogP contribution in [0.1, 0.15) is 28.9 Å². The average molecular weight is 701 g/mol. The number of hydrogen-bond acceptors (Lipinski definition) is 10. The van der Waals surface area contributed by atoms with Crippen LogP contribution in [-0.4, -0.2) is 73.2 Å². The number of allylic oxidation sites excluding steroid dienone is 1. The summed E-state index contributed by atoms with van der Waals surface area (Å²) in [7, 11) is 0. The lowest BCUT2D eigenvalue weighted by Gasteiger charge is -2.40. The second-order valence-electron chi connectivity index (χ2n) is 10.1. The SMILES string of the molecule is Cc1nc([C@@H]2OC3C(O)CO[C@@H]3C(N=C/C(=C\N)c3cc4scnc4c(F)c3F)C2O)n(-c2cc(Br)ccc2C(F)(F)F)n1. The Bertz CT molecular complexity index is 1800. The Labute approximate surface area is 257 Å². The molecule has 0 aliphatic carbocycles. The number of halogens is 6. The molecule has 4 aromatic rings. The van der Waals surface area contributed by atoms with Crippen molar-refractivity contribution in [1.82, 2.24) is 19.7 Å². The number of aliphatic hydroxyl groups is 2. The first-order valence-corrected chi connectivity index (χ1v) is 14.7. The van der Waals surface area contributed by atoms with Crippen LogP contribution in [0.15, 0.2) is 45.4 Å². The molecule has 0 bridgehead atoms. The van der Waals surface area contributed by atoms with Gasteiger partial charge in [-0.15, -0.1) is 11.3 Å². The van der Waals surface area contributed by atoms with E-state index in [1.807, 2.05) is 0 Å². The fourth-order valence-corrected chi connectivity index (χ4v) is 6.38. The molecular weight excluding hydrogens is 679 g/mol. The van der Waals surface area contributed by atoms with E-state index in [4.69, 9.17) is 15.2 Å². The molecular formula is C27H22BrF5N6O4S. The third-order valence-electron chi connectivity index (χ3n) is 7.33. The second kappa shape index (κ2) is 11.5. The van der Waals surface area contributed by atoms with Gasteiger partial charge < -0.3 is 25.4 Å². The van der Waals surface area contributed by atoms with Gasteiger partial charge in [0.25, 0.3) is 0 Å². The Hall–Kier alpha value is -3.35. The molecule has 0 saturated carbocycles. The highest BCUT2D eigenvalue weighted by Crippen LogP contribution is 2.41. The number of aromatic nitrogens is 4. The molecule has 0 amide bonds. The van der Waals surface area contributed by atoms with Gasteiger partial charge >= 0.3 is 6.18 Å². The van der Waals surface area contributed by atoms with Crippen molar-refractivity contribution in [3.05, 3.63) is 74.9 Å². The Morgan fingerprint density at radius 3 is 2.70 bits per heavy atom. The third-order valence-corrected chi connectivity index (χ3v) is 8.60. The smallest absolute Gasteiger partial charge is 0.404 e. The summed E-state index contributed by atoms with van der Waals surface area (Å²) in [5, 5.41) is 26.3. The Morgan fingerprint density at radius 2 is 1.98 bits per heavy atom. The second-order valence-corrected chi connectivity index (χ2v) is 11.9. The number of aryl methyl sites for hydroxylation is 1. The highest BCUT2D eigenvalue weighted by molar-refractivity contribution is 9.10. The van der Waals surface area contributed by atoms with Gasteiger partial charge in [-0.25, -0.2) is 23.4 Å². The van der Waals surface area contributed by atoms with E-state index in [1.54, 1.807) is 0 Å². The molecule has 44 heavy (non-hydrogen) atoms. The molecule has 6 rings (SSSR count). The predicted molar refractivity (Wildman–Crippen MR) is 152 cm³/mol. The summed E-state index contributed by atoms with van der Waals surface area (Å²) in [6.45, 7) is 1.27. The van der Waals surface area contributed by atoms with Crippen molar-refractivity contribution in [1.29, 1.82) is 0 Å². The molecule has 0 spiro atoms. The molecule has 2 aliphatic rings. The minimum absolute atomic E-state index is 0.0370. The zero-order valence-corrected chi connectivity index (χ0v) is 24.8. The molecule has 0 radical (unpaired) electrons. The van der Waals surface area contributed by atoms with Crippen molar-refractivity contribution in [2.45, 2.75) is 49.7 Å². The van der Waals surface area contributed by atoms with E-state index >= 15 is 0 Å². The van der Waals surface area contributed by atoms with Crippen LogP contribution in [0.4, 0.5) is 22.0 Å². The van der Waals surface area contributed by atoms with E-state index in [9.17, 15) is 32.2 Å². The van der Waals surface area contributed by atoms with Gasteiger partial charge in [0.05, 0.1) is 28.1 Å². The number of fused-ring (bicyclic) bond motifs is 2. The summed E-state index contributed by atoms with van der Waals surface area (Å²) in [6, 6.07) is 3.46. The van der Waals surface area contributed by atoms with Crippen molar-refractivity contribution >= 4 is 49.3 Å². The largest absolute Gasteiger partial charge is 0.418 e. The van der Waals surface area contributed by atoms with Crippen LogP contribution in [0.5, 0.6) is 0 Å². The number of nitrogens with zero attached hydrogens (tertiary/aromatic N) is 5. The zero-order chi connectivity index (χ0) is 31.5. The van der Waals surface area contributed by atoms with Crippen molar-refractivity contribution in [2.24, 2.45) is 10.7 Å². The molecule has 4 unspecified atom stereocenters. The van der Waals surface area contributed by atoms with E-state index in [0.717, 1.165) is 34.5 Å². The highest BCUT2D eigenvalue weighted by Gasteiger charge is 2.53. The summed E-state index contributed by atoms with van der Waals surface area (Å²) in [6.07, 6.45) is -8.93. The van der Waals surface area contributed by atoms with E-state index in [-0.39, 0.29) is 40.6 Å². The van der Waals surface area contributed by atoms with Crippen LogP contribution in [0, 0.1) is 18.6 Å². The van der Waals surface area contributed by atoms with Crippen LogP contribution in [0.3, 0.4) is 0 Å². The van der Waals surface area contributed by atoms with Crippen LogP contribution < -0.4 is 5.73 Å². The van der Waals surface area contributed by atoms with Gasteiger partial charge in [-0.05, 0) is 31.2 Å². The predicted octanol–water partition coefficient (Wildman–Crippen LogP) is 4.24. The highest BCUT2D eigenvalue weighted by atomic mass is 79.9. The Balaban J connectivity index is 1.41. The van der Waals surface area contributed by atoms with Gasteiger partial charge in [0.1, 0.15) is 47.9 Å². The first-order valence-electron chi connectivity index (χ1n) is 13.0. The number of hydrogen-bond donors (Lipinski definition) is 3. The minimum atomic E-state index is -4.76. The molecule has 6 atom stereocenters. The maximum atomic E-state index is 15.0. The summed E-state index contributed by atoms with van der Waals surface area (Å²) in [5.74, 6) is -2.48. The van der Waals surface area contributed by atoms with Crippen molar-refractivity contribution in [3.8, 4) is 5.69 Å². The topological polar surface area (TPSA) is 141 Å². The molecule has 10 nitrogen and oxygen atoms in total. The minimum Gasteiger partial charge on any atom is -0.404 e. The Kier molecular flexibility index (Phi) is 8.04. The molecule has 232 valence electrons. The van der Waals surface area contributed by atoms with Gasteiger partial charge in [-0.3, -0.25) is 4.99 Å². The normalized spacial score (nSPS) is 26.2. The van der Waals surface area contributed by atoms with Crippen LogP contribution in [-0.2, 0) is 15.7 Å².